The first-order valence-corrected chi connectivity index (χ1v) is 7.83. The number of para-hydroxylation sites is 1. The lowest BCUT2D eigenvalue weighted by atomic mass is 10.1. The molecule has 0 aliphatic rings. The molecule has 0 spiro atoms. The molecule has 0 aliphatic carbocycles. The van der Waals surface area contributed by atoms with Gasteiger partial charge in [-0.2, -0.15) is 0 Å². The van der Waals surface area contributed by atoms with E-state index in [0.717, 1.165) is 31.7 Å². The van der Waals surface area contributed by atoms with Gasteiger partial charge in [0, 0.05) is 18.0 Å². The van der Waals surface area contributed by atoms with E-state index < -0.39 is 0 Å². The minimum absolute atomic E-state index is 0.693. The SMILES string of the molecule is C=CCc1ccccc1OCCNCCc1cccs1. The Kier molecular flexibility index (Phi) is 6.35. The molecule has 1 heterocycles. The number of hydrogen-bond donors (Lipinski definition) is 1. The average Bonchev–Trinajstić information content (AvgIpc) is 2.98. The second kappa shape index (κ2) is 8.56. The van der Waals surface area contributed by atoms with Crippen LogP contribution in [0.25, 0.3) is 0 Å². The number of benzene rings is 1. The first kappa shape index (κ1) is 14.8. The summed E-state index contributed by atoms with van der Waals surface area (Å²) in [5.74, 6) is 0.965. The highest BCUT2D eigenvalue weighted by molar-refractivity contribution is 7.09. The van der Waals surface area contributed by atoms with Crippen LogP contribution in [0.5, 0.6) is 5.75 Å². The maximum Gasteiger partial charge on any atom is 0.122 e. The van der Waals surface area contributed by atoms with E-state index in [1.54, 1.807) is 0 Å². The molecule has 0 amide bonds. The van der Waals surface area contributed by atoms with Crippen LogP contribution >= 0.6 is 11.3 Å². The fraction of sp³-hybridized carbons (Fsp3) is 0.294. The molecule has 0 bridgehead atoms. The Morgan fingerprint density at radius 1 is 1.15 bits per heavy atom. The molecular weight excluding hydrogens is 266 g/mol. The lowest BCUT2D eigenvalue weighted by Crippen LogP contribution is -2.23. The first-order valence-electron chi connectivity index (χ1n) is 6.95. The van der Waals surface area contributed by atoms with Crippen LogP contribution < -0.4 is 10.1 Å². The predicted molar refractivity (Wildman–Crippen MR) is 86.7 cm³/mol. The standard InChI is InChI=1S/C17H21NOS/c1-2-6-15-7-3-4-9-17(15)19-13-12-18-11-10-16-8-5-14-20-16/h2-5,7-9,14,18H,1,6,10-13H2. The van der Waals surface area contributed by atoms with Gasteiger partial charge in [-0.05, 0) is 35.9 Å². The fourth-order valence-electron chi connectivity index (χ4n) is 1.99. The van der Waals surface area contributed by atoms with Crippen molar-refractivity contribution in [3.63, 3.8) is 0 Å². The van der Waals surface area contributed by atoms with Gasteiger partial charge in [-0.3, -0.25) is 0 Å². The minimum atomic E-state index is 0.693. The lowest BCUT2D eigenvalue weighted by molar-refractivity contribution is 0.312. The third-order valence-corrected chi connectivity index (χ3v) is 3.94. The summed E-state index contributed by atoms with van der Waals surface area (Å²) < 4.78 is 5.82. The zero-order valence-corrected chi connectivity index (χ0v) is 12.5. The maximum atomic E-state index is 5.82. The molecule has 106 valence electrons. The van der Waals surface area contributed by atoms with Gasteiger partial charge in [-0.15, -0.1) is 17.9 Å². The van der Waals surface area contributed by atoms with Gasteiger partial charge in [-0.1, -0.05) is 30.3 Å². The highest BCUT2D eigenvalue weighted by atomic mass is 32.1. The molecule has 0 saturated carbocycles. The van der Waals surface area contributed by atoms with Crippen molar-refractivity contribution in [3.8, 4) is 5.75 Å². The van der Waals surface area contributed by atoms with E-state index in [0.29, 0.717) is 6.61 Å². The Bertz CT molecular complexity index is 507. The van der Waals surface area contributed by atoms with E-state index in [1.165, 1.54) is 10.4 Å². The summed E-state index contributed by atoms with van der Waals surface area (Å²) in [5.41, 5.74) is 1.20. The molecule has 1 aromatic carbocycles. The second-order valence-electron chi connectivity index (χ2n) is 4.53. The van der Waals surface area contributed by atoms with Gasteiger partial charge in [-0.25, -0.2) is 0 Å². The Morgan fingerprint density at radius 3 is 2.85 bits per heavy atom. The molecule has 0 saturated heterocycles. The van der Waals surface area contributed by atoms with Crippen molar-refractivity contribution < 1.29 is 4.74 Å². The molecule has 2 rings (SSSR count). The van der Waals surface area contributed by atoms with E-state index in [-0.39, 0.29) is 0 Å². The van der Waals surface area contributed by atoms with Gasteiger partial charge < -0.3 is 10.1 Å². The van der Waals surface area contributed by atoms with E-state index in [9.17, 15) is 0 Å². The molecule has 0 unspecified atom stereocenters. The van der Waals surface area contributed by atoms with E-state index in [4.69, 9.17) is 4.74 Å². The van der Waals surface area contributed by atoms with Crippen LogP contribution in [0.2, 0.25) is 0 Å². The van der Waals surface area contributed by atoms with Crippen LogP contribution in [0.3, 0.4) is 0 Å². The van der Waals surface area contributed by atoms with Gasteiger partial charge in [0.2, 0.25) is 0 Å². The van der Waals surface area contributed by atoms with Crippen LogP contribution in [0.4, 0.5) is 0 Å². The van der Waals surface area contributed by atoms with Gasteiger partial charge in [0.1, 0.15) is 12.4 Å². The summed E-state index contributed by atoms with van der Waals surface area (Å²) in [6.07, 6.45) is 3.84. The minimum Gasteiger partial charge on any atom is -0.492 e. The molecule has 0 aliphatic heterocycles. The summed E-state index contributed by atoms with van der Waals surface area (Å²) in [5, 5.41) is 5.53. The zero-order valence-electron chi connectivity index (χ0n) is 11.7. The Hall–Kier alpha value is -1.58. The molecule has 1 N–H and O–H groups in total. The quantitative estimate of drug-likeness (QED) is 0.561. The van der Waals surface area contributed by atoms with Crippen molar-refractivity contribution in [1.82, 2.24) is 5.32 Å². The zero-order chi connectivity index (χ0) is 14.0. The number of rotatable bonds is 9. The summed E-state index contributed by atoms with van der Waals surface area (Å²) in [4.78, 5) is 1.43. The third kappa shape index (κ3) is 4.83. The molecule has 3 heteroatoms. The topological polar surface area (TPSA) is 21.3 Å². The Labute approximate surface area is 125 Å². The summed E-state index contributed by atoms with van der Waals surface area (Å²) in [7, 11) is 0. The van der Waals surface area contributed by atoms with Crippen molar-refractivity contribution in [1.29, 1.82) is 0 Å². The largest absolute Gasteiger partial charge is 0.492 e. The van der Waals surface area contributed by atoms with Crippen LogP contribution in [0, 0.1) is 0 Å². The molecule has 0 radical (unpaired) electrons. The van der Waals surface area contributed by atoms with Crippen LogP contribution in [0.1, 0.15) is 10.4 Å². The molecule has 2 aromatic rings. The maximum absolute atomic E-state index is 5.82. The third-order valence-electron chi connectivity index (χ3n) is 3.00. The van der Waals surface area contributed by atoms with Gasteiger partial charge >= 0.3 is 0 Å². The molecule has 20 heavy (non-hydrogen) atoms. The molecule has 1 aromatic heterocycles. The van der Waals surface area contributed by atoms with E-state index >= 15 is 0 Å². The second-order valence-corrected chi connectivity index (χ2v) is 5.56. The molecule has 0 fully saturated rings. The van der Waals surface area contributed by atoms with Crippen LogP contribution in [-0.2, 0) is 12.8 Å². The van der Waals surface area contributed by atoms with Gasteiger partial charge in [0.25, 0.3) is 0 Å². The van der Waals surface area contributed by atoms with Crippen LogP contribution in [0.15, 0.2) is 54.4 Å². The van der Waals surface area contributed by atoms with Gasteiger partial charge in [0.15, 0.2) is 0 Å². The van der Waals surface area contributed by atoms with Crippen molar-refractivity contribution in [3.05, 3.63) is 64.9 Å². The first-order chi connectivity index (χ1) is 9.90. The average molecular weight is 287 g/mol. The number of nitrogens with one attached hydrogen (secondary N) is 1. The van der Waals surface area contributed by atoms with Crippen molar-refractivity contribution in [2.75, 3.05) is 19.7 Å². The van der Waals surface area contributed by atoms with E-state index in [1.807, 2.05) is 35.6 Å². The summed E-state index contributed by atoms with van der Waals surface area (Å²) >= 11 is 1.81. The van der Waals surface area contributed by atoms with Crippen molar-refractivity contribution >= 4 is 11.3 Å². The Morgan fingerprint density at radius 2 is 2.05 bits per heavy atom. The number of ether oxygens (including phenoxy) is 1. The fourth-order valence-corrected chi connectivity index (χ4v) is 2.70. The molecular formula is C17H21NOS. The summed E-state index contributed by atoms with van der Waals surface area (Å²) in [6, 6.07) is 12.4. The normalized spacial score (nSPS) is 10.4. The Balaban J connectivity index is 1.64. The molecule has 2 nitrogen and oxygen atoms in total. The van der Waals surface area contributed by atoms with E-state index in [2.05, 4.69) is 35.5 Å². The highest BCUT2D eigenvalue weighted by Gasteiger charge is 2.00. The highest BCUT2D eigenvalue weighted by Crippen LogP contribution is 2.18. The smallest absolute Gasteiger partial charge is 0.122 e. The summed E-state index contributed by atoms with van der Waals surface area (Å²) in [6.45, 7) is 6.34. The molecule has 0 atom stereocenters. The predicted octanol–water partition coefficient (Wildman–Crippen LogP) is 3.69. The monoisotopic (exact) mass is 287 g/mol. The van der Waals surface area contributed by atoms with Crippen molar-refractivity contribution in [2.24, 2.45) is 0 Å². The van der Waals surface area contributed by atoms with Crippen LogP contribution in [-0.4, -0.2) is 19.7 Å². The lowest BCUT2D eigenvalue weighted by Gasteiger charge is -2.10. The van der Waals surface area contributed by atoms with Gasteiger partial charge in [0.05, 0.1) is 0 Å². The number of thiophene rings is 1. The number of hydrogen-bond acceptors (Lipinski definition) is 3. The number of allylic oxidation sites excluding steroid dienone is 1. The van der Waals surface area contributed by atoms with Crippen molar-refractivity contribution in [2.45, 2.75) is 12.8 Å².